The summed E-state index contributed by atoms with van der Waals surface area (Å²) < 4.78 is 86.9. The van der Waals surface area contributed by atoms with Crippen LogP contribution in [0.3, 0.4) is 0 Å². The molecule has 0 N–H and O–H groups in total. The van der Waals surface area contributed by atoms with E-state index in [9.17, 15) is 4.11 Å². The molecule has 0 amide bonds. The Labute approximate surface area is 439 Å². The fourth-order valence-corrected chi connectivity index (χ4v) is 9.61. The Kier molecular flexibility index (Phi) is 8.92. The second-order valence-electron chi connectivity index (χ2n) is 18.3. The zero-order valence-corrected chi connectivity index (χ0v) is 40.9. The van der Waals surface area contributed by atoms with E-state index in [2.05, 4.69) is 104 Å². The molecule has 0 atom stereocenters. The van der Waals surface area contributed by atoms with Gasteiger partial charge in [0.2, 0.25) is 0 Å². The van der Waals surface area contributed by atoms with E-state index in [0.29, 0.717) is 39.7 Å². The number of anilines is 4. The largest absolute Gasteiger partial charge is 0.509 e. The first-order valence-corrected chi connectivity index (χ1v) is 23.0. The first-order chi connectivity index (χ1) is 37.6. The van der Waals surface area contributed by atoms with Crippen LogP contribution in [0.15, 0.2) is 212 Å². The summed E-state index contributed by atoms with van der Waals surface area (Å²) in [5.74, 6) is 2.34. The maximum absolute atomic E-state index is 9.81. The molecule has 0 aliphatic carbocycles. The molecule has 0 spiro atoms. The Morgan fingerprint density at radius 1 is 0.549 bits per heavy atom. The van der Waals surface area contributed by atoms with Crippen molar-refractivity contribution in [3.63, 3.8) is 0 Å². The molecule has 0 fully saturated rings. The van der Waals surface area contributed by atoms with Gasteiger partial charge < -0.3 is 23.8 Å². The maximum Gasteiger partial charge on any atom is 0.135 e. The van der Waals surface area contributed by atoms with E-state index in [1.165, 1.54) is 0 Å². The number of pyridine rings is 1. The summed E-state index contributed by atoms with van der Waals surface area (Å²) in [6.07, 6.45) is 1.79. The average molecular weight is 1110 g/mol. The Balaban J connectivity index is 0.00000623. The number of hydrogen-bond acceptors (Lipinski definition) is 5. The van der Waals surface area contributed by atoms with Gasteiger partial charge in [0, 0.05) is 78.0 Å². The molecule has 15 rings (SSSR count). The molecule has 0 saturated heterocycles. The predicted molar refractivity (Wildman–Crippen MR) is 285 cm³/mol. The molecule has 7 heteroatoms. The third-order valence-corrected chi connectivity index (χ3v) is 12.9. The minimum atomic E-state index is -0.605. The minimum Gasteiger partial charge on any atom is -0.509 e. The number of hydrogen-bond donors (Lipinski definition) is 0. The topological polar surface area (TPSA) is 42.8 Å². The predicted octanol–water partition coefficient (Wildman–Crippen LogP) is 17.0. The second-order valence-corrected chi connectivity index (χ2v) is 18.3. The summed E-state index contributed by atoms with van der Waals surface area (Å²) in [5.41, 5.74) is 9.73. The summed E-state index contributed by atoms with van der Waals surface area (Å²) in [6, 6.07) is 55.0. The summed E-state index contributed by atoms with van der Waals surface area (Å²) in [7, 11) is 0. The van der Waals surface area contributed by atoms with Crippen LogP contribution in [0.5, 0.6) is 23.0 Å². The van der Waals surface area contributed by atoms with E-state index in [4.69, 9.17) is 21.3 Å². The monoisotopic (exact) mass is 1100 g/mol. The number of fused-ring (bicyclic) bond motifs is 5. The quantitative estimate of drug-likeness (QED) is 0.161. The SMILES string of the molecule is [2H]c1c([2H])c([2H])c(-c2c([2H])c([2H])c3c(c2[2H])c2ccc4[c-]c2n3-c2cc(C(C)(C)C)c(cn2)-c2ccc(cc2)Oc2cccc(c2)-c2cccc(-c3ccccc3)c2N2[CH-]N(c3[c-]c(ccc3)O4)c3ccccc32)c([2H])c1[2H].[Pt]. The molecule has 11 aromatic rings. The molecule has 346 valence electrons. The molecule has 6 heterocycles. The minimum absolute atomic E-state index is 0. The van der Waals surface area contributed by atoms with E-state index in [0.717, 1.165) is 56.0 Å². The van der Waals surface area contributed by atoms with Crippen molar-refractivity contribution in [3.05, 3.63) is 237 Å². The molecular formula is C64H45N4O2Pt-3. The Morgan fingerprint density at radius 3 is 2.06 bits per heavy atom. The van der Waals surface area contributed by atoms with Gasteiger partial charge in [-0.1, -0.05) is 154 Å². The zero-order valence-electron chi connectivity index (χ0n) is 46.6. The number of para-hydroxylation sites is 3. The molecule has 4 aliphatic rings. The van der Waals surface area contributed by atoms with Gasteiger partial charge in [-0.15, -0.1) is 48.1 Å². The molecule has 0 saturated carbocycles. The van der Waals surface area contributed by atoms with Gasteiger partial charge in [0.25, 0.3) is 0 Å². The second kappa shape index (κ2) is 17.7. The van der Waals surface area contributed by atoms with Crippen LogP contribution in [0, 0.1) is 18.8 Å². The van der Waals surface area contributed by atoms with Crippen LogP contribution >= 0.6 is 0 Å². The molecule has 2 aromatic heterocycles. The first-order valence-electron chi connectivity index (χ1n) is 27.0. The maximum atomic E-state index is 9.81. The third kappa shape index (κ3) is 7.85. The van der Waals surface area contributed by atoms with Crippen molar-refractivity contribution in [3.8, 4) is 73.3 Å². The molecule has 0 radical (unpaired) electrons. The van der Waals surface area contributed by atoms with E-state index in [-0.39, 0.29) is 60.9 Å². The number of nitrogens with zero attached hydrogens (tertiary/aromatic N) is 4. The molecule has 12 bridgehead atoms. The fourth-order valence-electron chi connectivity index (χ4n) is 9.61. The van der Waals surface area contributed by atoms with Crippen molar-refractivity contribution in [1.82, 2.24) is 9.55 Å². The van der Waals surface area contributed by atoms with Gasteiger partial charge in [0.15, 0.2) is 0 Å². The summed E-state index contributed by atoms with van der Waals surface area (Å²) >= 11 is 0. The summed E-state index contributed by atoms with van der Waals surface area (Å²) in [5, 5.41) is 0.661. The number of aromatic nitrogens is 2. The third-order valence-electron chi connectivity index (χ3n) is 12.9. The van der Waals surface area contributed by atoms with Crippen molar-refractivity contribution in [2.75, 3.05) is 9.80 Å². The van der Waals surface area contributed by atoms with Gasteiger partial charge in [-0.3, -0.25) is 0 Å². The van der Waals surface area contributed by atoms with Gasteiger partial charge in [-0.05, 0) is 92.7 Å². The Hall–Kier alpha value is -8.18. The van der Waals surface area contributed by atoms with Crippen LogP contribution in [0.4, 0.5) is 22.7 Å². The van der Waals surface area contributed by atoms with Crippen LogP contribution in [0.25, 0.3) is 72.1 Å². The Morgan fingerprint density at radius 2 is 1.25 bits per heavy atom. The van der Waals surface area contributed by atoms with Gasteiger partial charge in [-0.2, -0.15) is 12.1 Å². The van der Waals surface area contributed by atoms with E-state index >= 15 is 0 Å². The standard InChI is InChI=1S/C64H45N4O2.Pt/c1-64(2,3)57-39-62-65-40-56(57)44-27-30-48(31-28-44)69-49-21-12-19-46(35-49)53-24-14-23-52(43-17-8-5-9-18-43)63(53)67-41-66(59-25-10-11-26-60(59)67)47-20-13-22-50(37-47)70-51-32-33-54-55-36-45(42-15-6-4-7-16-42)29-34-58(55)68(62)61(54)38-51;/h4-36,39-41H,1-3H3;/q-3;/i4D,6D,7D,15D,16D,29D,34D,36D;. The van der Waals surface area contributed by atoms with Crippen molar-refractivity contribution in [2.45, 2.75) is 26.2 Å². The van der Waals surface area contributed by atoms with Crippen LogP contribution in [-0.2, 0) is 26.5 Å². The van der Waals surface area contributed by atoms with Crippen molar-refractivity contribution < 1.29 is 41.5 Å². The number of rotatable bonds is 2. The van der Waals surface area contributed by atoms with Crippen LogP contribution in [-0.4, -0.2) is 9.55 Å². The molecule has 6 nitrogen and oxygen atoms in total. The van der Waals surface area contributed by atoms with E-state index in [1.807, 2.05) is 91.0 Å². The van der Waals surface area contributed by atoms with Crippen LogP contribution in [0.2, 0.25) is 0 Å². The summed E-state index contributed by atoms with van der Waals surface area (Å²) in [6.45, 7) is 8.39. The summed E-state index contributed by atoms with van der Waals surface area (Å²) in [4.78, 5) is 9.38. The fraction of sp³-hybridized carbons (Fsp3) is 0.0625. The molecule has 9 aromatic carbocycles. The van der Waals surface area contributed by atoms with Crippen molar-refractivity contribution in [1.29, 1.82) is 0 Å². The van der Waals surface area contributed by atoms with Crippen molar-refractivity contribution in [2.24, 2.45) is 0 Å². The molecule has 4 aliphatic heterocycles. The normalized spacial score (nSPS) is 14.3. The smallest absolute Gasteiger partial charge is 0.135 e. The number of ether oxygens (including phenoxy) is 2. The molecular weight excluding hydrogens is 1050 g/mol. The van der Waals surface area contributed by atoms with Crippen molar-refractivity contribution >= 4 is 44.6 Å². The van der Waals surface area contributed by atoms with Crippen LogP contribution in [0.1, 0.15) is 37.3 Å². The average Bonchev–Trinajstić information content (AvgIpc) is 4.12. The van der Waals surface area contributed by atoms with Gasteiger partial charge >= 0.3 is 0 Å². The molecule has 71 heavy (non-hydrogen) atoms. The van der Waals surface area contributed by atoms with Gasteiger partial charge in [0.1, 0.15) is 17.3 Å². The van der Waals surface area contributed by atoms with Crippen LogP contribution < -0.4 is 19.3 Å². The van der Waals surface area contributed by atoms with E-state index in [1.54, 1.807) is 22.9 Å². The number of benzene rings is 9. The zero-order chi connectivity index (χ0) is 53.9. The van der Waals surface area contributed by atoms with E-state index < -0.39 is 41.7 Å². The van der Waals surface area contributed by atoms with Gasteiger partial charge in [-0.25, -0.2) is 4.98 Å². The first kappa shape index (κ1) is 35.9. The molecule has 0 unspecified atom stereocenters. The van der Waals surface area contributed by atoms with Gasteiger partial charge in [0.05, 0.1) is 11.0 Å². The Bertz CT molecular complexity index is 4270.